The van der Waals surface area contributed by atoms with Crippen LogP contribution in [0, 0.1) is 48.3 Å². The minimum Gasteiger partial charge on any atom is -0.484 e. The summed E-state index contributed by atoms with van der Waals surface area (Å²) in [5.74, 6) is -10.8. The molecule has 15 N–H and O–H groups in total. The van der Waals surface area contributed by atoms with Gasteiger partial charge in [-0.15, -0.1) is 0 Å². The maximum atomic E-state index is 14.9. The molecule has 9 rings (SSSR count). The van der Waals surface area contributed by atoms with Gasteiger partial charge in [-0.2, -0.15) is 0 Å². The fourth-order valence-corrected chi connectivity index (χ4v) is 15.0. The third-order valence-corrected chi connectivity index (χ3v) is 21.1. The van der Waals surface area contributed by atoms with Crippen LogP contribution in [0.25, 0.3) is 0 Å². The number of hydrazine groups is 2. The van der Waals surface area contributed by atoms with Crippen LogP contribution < -0.4 is 68.8 Å². The summed E-state index contributed by atoms with van der Waals surface area (Å²) in [5.41, 5.74) is 8.33. The predicted molar refractivity (Wildman–Crippen MR) is 429 cm³/mol. The largest absolute Gasteiger partial charge is 0.484 e. The van der Waals surface area contributed by atoms with Gasteiger partial charge in [0.25, 0.3) is 17.8 Å². The van der Waals surface area contributed by atoms with Crippen molar-refractivity contribution in [3.05, 3.63) is 229 Å². The van der Waals surface area contributed by atoms with E-state index in [-0.39, 0.29) is 83.0 Å². The molecule has 632 valence electrons. The van der Waals surface area contributed by atoms with Gasteiger partial charge in [0.05, 0.1) is 32.0 Å². The SMILES string of the molecule is C[C@]12CC[C@@H]3c4ccc(OCC(=O)N[C@@H](CCCNC(=N)N[N+](=O)[O-])C(=O)NCC(=O)N[C@@H](CC(=O)OCc5ccccc5)C(=O)N[C@@H](Cc5ccccc5)C(=O)N[C@@H](CCCNC(=N)N[N+](=O)[O-])C(=O)NCC(=O)N[C@@H](CC(=O)OCc5ccccc5)C(=O)N[C@@H](Cc5ccccc5)C(=O)OCc5ccccc5)cc4CC[C@H]3[C@@H]1CC[C@@H]2O. The van der Waals surface area contributed by atoms with E-state index in [2.05, 4.69) is 60.1 Å². The lowest BCUT2D eigenvalue weighted by Gasteiger charge is -2.50. The number of carbonyl (C=O) groups excluding carboxylic acids is 11. The molecule has 0 spiro atoms. The van der Waals surface area contributed by atoms with Crippen molar-refractivity contribution in [2.24, 2.45) is 17.3 Å². The monoisotopic (exact) mass is 1640 g/mol. The second kappa shape index (κ2) is 45.2. The average Bonchev–Trinajstić information content (AvgIpc) is 1.65. The van der Waals surface area contributed by atoms with Crippen LogP contribution in [-0.4, -0.2) is 167 Å². The molecule has 3 aliphatic carbocycles. The number of ether oxygens (including phenoxy) is 4. The number of esters is 3. The number of nitrogens with zero attached hydrogens (tertiary/aromatic N) is 2. The highest BCUT2D eigenvalue weighted by molar-refractivity contribution is 5.98. The molecule has 0 bridgehead atoms. The van der Waals surface area contributed by atoms with Gasteiger partial charge in [-0.05, 0) is 138 Å². The molecule has 119 heavy (non-hydrogen) atoms. The van der Waals surface area contributed by atoms with Crippen molar-refractivity contribution in [2.45, 2.75) is 165 Å². The van der Waals surface area contributed by atoms with E-state index >= 15 is 0 Å². The Labute approximate surface area is 685 Å². The van der Waals surface area contributed by atoms with Gasteiger partial charge < -0.3 is 77.2 Å². The van der Waals surface area contributed by atoms with Gasteiger partial charge in [0.15, 0.2) is 16.7 Å². The summed E-state index contributed by atoms with van der Waals surface area (Å²) in [7, 11) is 0. The van der Waals surface area contributed by atoms with Crippen LogP contribution in [0.5, 0.6) is 5.75 Å². The number of guanidine groups is 2. The Morgan fingerprint density at radius 2 is 0.899 bits per heavy atom. The topological polar surface area (TPSA) is 523 Å². The summed E-state index contributed by atoms with van der Waals surface area (Å²) in [6, 6.07) is 38.4. The highest BCUT2D eigenvalue weighted by atomic mass is 16.7. The van der Waals surface area contributed by atoms with Crippen LogP contribution >= 0.6 is 0 Å². The number of aliphatic hydroxyl groups is 1. The van der Waals surface area contributed by atoms with Crippen LogP contribution in [0.3, 0.4) is 0 Å². The van der Waals surface area contributed by atoms with Crippen LogP contribution in [0.15, 0.2) is 170 Å². The fourth-order valence-electron chi connectivity index (χ4n) is 15.0. The molecule has 0 heterocycles. The van der Waals surface area contributed by atoms with Crippen molar-refractivity contribution in [3.8, 4) is 5.75 Å². The molecule has 0 aliphatic heterocycles. The second-order valence-electron chi connectivity index (χ2n) is 29.5. The highest BCUT2D eigenvalue weighted by Crippen LogP contribution is 2.61. The average molecular weight is 1640 g/mol. The number of nitrogens with one attached hydrogen (secondary N) is 14. The van der Waals surface area contributed by atoms with Crippen LogP contribution in [0.4, 0.5) is 0 Å². The second-order valence-corrected chi connectivity index (χ2v) is 29.5. The Morgan fingerprint density at radius 1 is 0.479 bits per heavy atom. The first-order valence-corrected chi connectivity index (χ1v) is 39.2. The summed E-state index contributed by atoms with van der Waals surface area (Å²) in [4.78, 5) is 178. The van der Waals surface area contributed by atoms with Crippen molar-refractivity contribution in [3.63, 3.8) is 0 Å². The predicted octanol–water partition coefficient (Wildman–Crippen LogP) is 3.09. The normalized spacial score (nSPS) is 17.6. The molecule has 0 saturated heterocycles. The minimum atomic E-state index is -1.88. The standard InChI is InChI=1S/C83H100N16O20/c1-83-38-37-60-59-34-32-58(43-57(59)31-33-61(60)62(83)35-36-69(83)100)116-51-72(103)90-63(29-17-39-86-81(84)96-98(112)113)75(106)88-46-70(101)91-66(44-73(104)117-48-54-23-11-4-12-24-54)78(109)94-65(41-52-19-7-2-8-20-52)77(108)93-64(30-18-40-87-82(85)97-99(114)115)76(107)89-47-71(102)92-67(45-74(105)118-49-55-25-13-5-14-26-55)79(110)95-68(42-53-21-9-3-10-22-53)80(111)119-50-56-27-15-6-16-28-56/h2-16,19-28,32,34,43,60-69,100H,17-18,29-31,33,35-42,44-51H2,1H3,(H,88,106)(H,89,107)(H,90,103)(H,91,101)(H,92,102)(H,93,108)(H,94,109)(H,95,110)(H3,84,86,96)(H3,85,87,97)/t60-,61-,62+,63+,64+,65+,66+,67+,68+,69+,83+/m1/s1. The number of nitro groups is 2. The molecular formula is C83H100N16O20. The van der Waals surface area contributed by atoms with E-state index in [9.17, 15) is 78.1 Å². The number of carbonyl (C=O) groups is 11. The molecule has 36 heteroatoms. The number of amides is 8. The van der Waals surface area contributed by atoms with Crippen LogP contribution in [-0.2, 0) is 106 Å². The summed E-state index contributed by atoms with van der Waals surface area (Å²) >= 11 is 0. The van der Waals surface area contributed by atoms with E-state index in [0.717, 1.165) is 44.1 Å². The molecule has 2 saturated carbocycles. The molecule has 2 fully saturated rings. The molecule has 0 unspecified atom stereocenters. The number of hydrogen-bond acceptors (Lipinski definition) is 22. The van der Waals surface area contributed by atoms with Crippen molar-refractivity contribution >= 4 is 77.1 Å². The molecule has 11 atom stereocenters. The zero-order chi connectivity index (χ0) is 85.2. The third kappa shape index (κ3) is 28.8. The van der Waals surface area contributed by atoms with E-state index in [0.29, 0.717) is 51.3 Å². The van der Waals surface area contributed by atoms with E-state index < -0.39 is 156 Å². The smallest absolute Gasteiger partial charge is 0.329 e. The zero-order valence-electron chi connectivity index (χ0n) is 65.6. The Kier molecular flexibility index (Phi) is 34.0. The minimum absolute atomic E-state index is 0.0221. The third-order valence-electron chi connectivity index (χ3n) is 21.1. The van der Waals surface area contributed by atoms with Crippen LogP contribution in [0.1, 0.15) is 122 Å². The van der Waals surface area contributed by atoms with E-state index in [1.165, 1.54) is 5.56 Å². The molecule has 0 aromatic heterocycles. The lowest BCUT2D eigenvalue weighted by Crippen LogP contribution is -2.59. The number of benzene rings is 6. The van der Waals surface area contributed by atoms with Crippen LogP contribution in [0.2, 0.25) is 0 Å². The Balaban J connectivity index is 0.891. The van der Waals surface area contributed by atoms with Crippen molar-refractivity contribution < 1.29 is 86.9 Å². The van der Waals surface area contributed by atoms with Crippen molar-refractivity contribution in [2.75, 3.05) is 32.8 Å². The van der Waals surface area contributed by atoms with Gasteiger partial charge in [-0.25, -0.2) is 25.0 Å². The summed E-state index contributed by atoms with van der Waals surface area (Å²) < 4.78 is 22.6. The lowest BCUT2D eigenvalue weighted by atomic mass is 9.55. The zero-order valence-corrected chi connectivity index (χ0v) is 65.6. The summed E-state index contributed by atoms with van der Waals surface area (Å²) in [5, 5.41) is 71.8. The van der Waals surface area contributed by atoms with Crippen molar-refractivity contribution in [1.29, 1.82) is 10.8 Å². The van der Waals surface area contributed by atoms with Gasteiger partial charge >= 0.3 is 17.9 Å². The summed E-state index contributed by atoms with van der Waals surface area (Å²) in [6.07, 6.45) is 2.37. The first-order chi connectivity index (χ1) is 57.2. The number of hydrogen-bond donors (Lipinski definition) is 15. The van der Waals surface area contributed by atoms with E-state index in [1.54, 1.807) is 169 Å². The molecule has 8 amide bonds. The van der Waals surface area contributed by atoms with Gasteiger partial charge in [0, 0.05) is 25.9 Å². The molecular weight excluding hydrogens is 1540 g/mol. The maximum absolute atomic E-state index is 14.9. The first kappa shape index (κ1) is 89.5. The van der Waals surface area contributed by atoms with Gasteiger partial charge in [-0.1, -0.05) is 176 Å². The molecule has 36 nitrogen and oxygen atoms in total. The number of rotatable bonds is 43. The van der Waals surface area contributed by atoms with Gasteiger partial charge in [-0.3, -0.25) is 58.8 Å². The van der Waals surface area contributed by atoms with Crippen molar-refractivity contribution in [1.82, 2.24) is 64.0 Å². The van der Waals surface area contributed by atoms with Gasteiger partial charge in [0.2, 0.25) is 41.4 Å². The Morgan fingerprint density at radius 3 is 1.38 bits per heavy atom. The molecule has 6 aromatic rings. The van der Waals surface area contributed by atoms with E-state index in [4.69, 9.17) is 29.8 Å². The lowest BCUT2D eigenvalue weighted by molar-refractivity contribution is -0.525. The highest BCUT2D eigenvalue weighted by Gasteiger charge is 2.54. The molecule has 0 radical (unpaired) electrons. The number of aryl methyl sites for hydroxylation is 1. The number of aliphatic hydroxyl groups excluding tert-OH is 1. The first-order valence-electron chi connectivity index (χ1n) is 39.2. The maximum Gasteiger partial charge on any atom is 0.329 e. The Hall–Kier alpha value is -13.4. The molecule has 3 aliphatic rings. The quantitative estimate of drug-likeness (QED) is 0.00497. The van der Waals surface area contributed by atoms with E-state index in [1.807, 2.05) is 12.1 Å². The van der Waals surface area contributed by atoms with Gasteiger partial charge in [0.1, 0.15) is 61.8 Å². The molecule has 6 aromatic carbocycles. The fraction of sp³-hybridized carbons (Fsp3) is 0.410. The number of fused-ring (bicyclic) bond motifs is 5. The Bertz CT molecular complexity index is 4520. The summed E-state index contributed by atoms with van der Waals surface area (Å²) in [6.45, 7) is -1.17.